The molecule has 1 saturated heterocycles. The predicted octanol–water partition coefficient (Wildman–Crippen LogP) is 1.01. The van der Waals surface area contributed by atoms with Crippen molar-refractivity contribution in [2.75, 3.05) is 25.1 Å². The second-order valence-corrected chi connectivity index (χ2v) is 5.32. The molecule has 1 aliphatic rings. The Hall–Kier alpha value is -1.92. The smallest absolute Gasteiger partial charge is 0.307 e. The van der Waals surface area contributed by atoms with Crippen LogP contribution in [0.25, 0.3) is 0 Å². The van der Waals surface area contributed by atoms with E-state index in [1.165, 1.54) is 0 Å². The minimum absolute atomic E-state index is 0.0699. The number of carboxylic acids is 1. The van der Waals surface area contributed by atoms with Gasteiger partial charge in [-0.1, -0.05) is 12.1 Å². The van der Waals surface area contributed by atoms with Crippen molar-refractivity contribution in [2.24, 2.45) is 11.1 Å². The van der Waals surface area contributed by atoms with Crippen LogP contribution < -0.4 is 11.1 Å². The number of anilines is 1. The van der Waals surface area contributed by atoms with Crippen LogP contribution >= 0.6 is 0 Å². The van der Waals surface area contributed by atoms with E-state index in [1.807, 2.05) is 0 Å². The number of ether oxygens (including phenoxy) is 1. The summed E-state index contributed by atoms with van der Waals surface area (Å²) >= 11 is 0. The first kappa shape index (κ1) is 15.5. The number of carboxylic acid groups (broad SMARTS) is 1. The Morgan fingerprint density at radius 3 is 2.67 bits per heavy atom. The van der Waals surface area contributed by atoms with Gasteiger partial charge in [-0.05, 0) is 30.5 Å². The molecule has 0 aliphatic carbocycles. The molecule has 1 aromatic carbocycles. The highest BCUT2D eigenvalue weighted by Gasteiger charge is 2.38. The van der Waals surface area contributed by atoms with Crippen LogP contribution in [0.1, 0.15) is 18.4 Å². The molecule has 0 unspecified atom stereocenters. The monoisotopic (exact) mass is 292 g/mol. The van der Waals surface area contributed by atoms with Crippen molar-refractivity contribution in [3.05, 3.63) is 29.8 Å². The molecule has 114 valence electrons. The number of hydrogen-bond donors (Lipinski definition) is 3. The first-order valence-electron chi connectivity index (χ1n) is 6.96. The molecule has 1 amide bonds. The van der Waals surface area contributed by atoms with Gasteiger partial charge in [0.05, 0.1) is 11.8 Å². The number of amides is 1. The second-order valence-electron chi connectivity index (χ2n) is 5.32. The van der Waals surface area contributed by atoms with Gasteiger partial charge in [0, 0.05) is 25.4 Å². The van der Waals surface area contributed by atoms with Crippen LogP contribution in [-0.2, 0) is 20.7 Å². The second kappa shape index (κ2) is 6.69. The summed E-state index contributed by atoms with van der Waals surface area (Å²) in [5, 5.41) is 11.7. The van der Waals surface area contributed by atoms with E-state index in [0.717, 1.165) is 0 Å². The van der Waals surface area contributed by atoms with Crippen molar-refractivity contribution >= 4 is 17.6 Å². The zero-order valence-electron chi connectivity index (χ0n) is 11.8. The van der Waals surface area contributed by atoms with Crippen LogP contribution in [-0.4, -0.2) is 36.7 Å². The predicted molar refractivity (Wildman–Crippen MR) is 78.0 cm³/mol. The van der Waals surface area contributed by atoms with Crippen molar-refractivity contribution in [3.8, 4) is 0 Å². The molecule has 1 heterocycles. The van der Waals surface area contributed by atoms with Gasteiger partial charge in [0.1, 0.15) is 0 Å². The maximum Gasteiger partial charge on any atom is 0.307 e. The lowest BCUT2D eigenvalue weighted by Gasteiger charge is -2.34. The molecular weight excluding hydrogens is 272 g/mol. The van der Waals surface area contributed by atoms with Crippen LogP contribution in [0.2, 0.25) is 0 Å². The number of aliphatic carboxylic acids is 1. The zero-order chi connectivity index (χ0) is 15.3. The third kappa shape index (κ3) is 3.80. The van der Waals surface area contributed by atoms with E-state index in [9.17, 15) is 9.59 Å². The minimum atomic E-state index is -0.902. The standard InChI is InChI=1S/C15H20N2O4/c16-10-15(4-6-21-7-5-15)14(20)17-12-3-1-2-11(8-12)9-13(18)19/h1-3,8H,4-7,9-10,16H2,(H,17,20)(H,18,19). The molecular formula is C15H20N2O4. The Balaban J connectivity index is 2.09. The zero-order valence-corrected chi connectivity index (χ0v) is 11.8. The lowest BCUT2D eigenvalue weighted by molar-refractivity contribution is -0.136. The van der Waals surface area contributed by atoms with Gasteiger partial charge < -0.3 is 20.9 Å². The maximum atomic E-state index is 12.5. The summed E-state index contributed by atoms with van der Waals surface area (Å²) in [6.45, 7) is 1.34. The summed E-state index contributed by atoms with van der Waals surface area (Å²) in [6.07, 6.45) is 1.13. The first-order valence-corrected chi connectivity index (χ1v) is 6.96. The molecule has 0 spiro atoms. The van der Waals surface area contributed by atoms with Crippen molar-refractivity contribution in [3.63, 3.8) is 0 Å². The Bertz CT molecular complexity index is 524. The molecule has 0 saturated carbocycles. The van der Waals surface area contributed by atoms with Gasteiger partial charge >= 0.3 is 5.97 Å². The number of carbonyl (C=O) groups excluding carboxylic acids is 1. The van der Waals surface area contributed by atoms with E-state index in [0.29, 0.717) is 37.3 Å². The lowest BCUT2D eigenvalue weighted by atomic mass is 9.79. The Morgan fingerprint density at radius 2 is 2.05 bits per heavy atom. The number of carbonyl (C=O) groups is 2. The Labute approximate surface area is 123 Å². The molecule has 6 heteroatoms. The molecule has 1 fully saturated rings. The number of rotatable bonds is 5. The van der Waals surface area contributed by atoms with Crippen molar-refractivity contribution in [1.29, 1.82) is 0 Å². The highest BCUT2D eigenvalue weighted by molar-refractivity contribution is 5.95. The maximum absolute atomic E-state index is 12.5. The van der Waals surface area contributed by atoms with Gasteiger partial charge in [-0.15, -0.1) is 0 Å². The summed E-state index contributed by atoms with van der Waals surface area (Å²) < 4.78 is 5.29. The van der Waals surface area contributed by atoms with Gasteiger partial charge in [0.25, 0.3) is 0 Å². The third-order valence-corrected chi connectivity index (χ3v) is 3.86. The first-order chi connectivity index (χ1) is 10.1. The third-order valence-electron chi connectivity index (χ3n) is 3.86. The normalized spacial score (nSPS) is 17.2. The highest BCUT2D eigenvalue weighted by Crippen LogP contribution is 2.31. The summed E-state index contributed by atoms with van der Waals surface area (Å²) in [5.74, 6) is -1.03. The van der Waals surface area contributed by atoms with Gasteiger partial charge in [0.2, 0.25) is 5.91 Å². The van der Waals surface area contributed by atoms with E-state index >= 15 is 0 Å². The molecule has 0 radical (unpaired) electrons. The molecule has 6 nitrogen and oxygen atoms in total. The molecule has 0 bridgehead atoms. The van der Waals surface area contributed by atoms with E-state index in [-0.39, 0.29) is 18.9 Å². The Kier molecular flexibility index (Phi) is 4.93. The number of benzene rings is 1. The fourth-order valence-electron chi connectivity index (χ4n) is 2.48. The van der Waals surface area contributed by atoms with E-state index in [4.69, 9.17) is 15.6 Å². The van der Waals surface area contributed by atoms with Crippen LogP contribution in [0.5, 0.6) is 0 Å². The van der Waals surface area contributed by atoms with E-state index < -0.39 is 11.4 Å². The number of nitrogens with one attached hydrogen (secondary N) is 1. The topological polar surface area (TPSA) is 102 Å². The average Bonchev–Trinajstić information content (AvgIpc) is 2.47. The van der Waals surface area contributed by atoms with Crippen LogP contribution in [0.4, 0.5) is 5.69 Å². The van der Waals surface area contributed by atoms with Crippen molar-refractivity contribution < 1.29 is 19.4 Å². The van der Waals surface area contributed by atoms with Gasteiger partial charge in [0.15, 0.2) is 0 Å². The Morgan fingerprint density at radius 1 is 1.33 bits per heavy atom. The quantitative estimate of drug-likeness (QED) is 0.751. The largest absolute Gasteiger partial charge is 0.481 e. The lowest BCUT2D eigenvalue weighted by Crippen LogP contribution is -2.46. The number of nitrogens with two attached hydrogens (primary N) is 1. The van der Waals surface area contributed by atoms with Crippen molar-refractivity contribution in [1.82, 2.24) is 0 Å². The number of hydrogen-bond acceptors (Lipinski definition) is 4. The molecule has 1 aromatic rings. The SMILES string of the molecule is NCC1(C(=O)Nc2cccc(CC(=O)O)c2)CCOCC1. The van der Waals surface area contributed by atoms with Crippen LogP contribution in [0, 0.1) is 5.41 Å². The average molecular weight is 292 g/mol. The van der Waals surface area contributed by atoms with Crippen LogP contribution in [0.15, 0.2) is 24.3 Å². The molecule has 4 N–H and O–H groups in total. The summed E-state index contributed by atoms with van der Waals surface area (Å²) in [6, 6.07) is 6.87. The fourth-order valence-corrected chi connectivity index (χ4v) is 2.48. The van der Waals surface area contributed by atoms with E-state index in [1.54, 1.807) is 24.3 Å². The molecule has 2 rings (SSSR count). The summed E-state index contributed by atoms with van der Waals surface area (Å²) in [7, 11) is 0. The van der Waals surface area contributed by atoms with E-state index in [2.05, 4.69) is 5.32 Å². The van der Waals surface area contributed by atoms with Gasteiger partial charge in [-0.2, -0.15) is 0 Å². The van der Waals surface area contributed by atoms with Crippen LogP contribution in [0.3, 0.4) is 0 Å². The fraction of sp³-hybridized carbons (Fsp3) is 0.467. The molecule has 0 atom stereocenters. The summed E-state index contributed by atoms with van der Waals surface area (Å²) in [4.78, 5) is 23.2. The molecule has 21 heavy (non-hydrogen) atoms. The van der Waals surface area contributed by atoms with Gasteiger partial charge in [-0.25, -0.2) is 0 Å². The minimum Gasteiger partial charge on any atom is -0.481 e. The molecule has 0 aromatic heterocycles. The molecule has 1 aliphatic heterocycles. The van der Waals surface area contributed by atoms with Gasteiger partial charge in [-0.3, -0.25) is 9.59 Å². The van der Waals surface area contributed by atoms with Crippen molar-refractivity contribution in [2.45, 2.75) is 19.3 Å². The summed E-state index contributed by atoms with van der Waals surface area (Å²) in [5.41, 5.74) is 6.44. The highest BCUT2D eigenvalue weighted by atomic mass is 16.5.